The van der Waals surface area contributed by atoms with Gasteiger partial charge in [-0.1, -0.05) is 13.0 Å². The van der Waals surface area contributed by atoms with Crippen molar-refractivity contribution in [1.82, 2.24) is 15.6 Å². The number of ether oxygens (including phenoxy) is 1. The smallest absolute Gasteiger partial charge is 0.263 e. The van der Waals surface area contributed by atoms with Crippen LogP contribution in [0.2, 0.25) is 0 Å². The zero-order chi connectivity index (χ0) is 21.5. The van der Waals surface area contributed by atoms with Gasteiger partial charge in [-0.15, -0.1) is 11.3 Å². The Bertz CT molecular complexity index is 1140. The molecule has 2 atom stereocenters. The normalized spacial score (nSPS) is 20.9. The summed E-state index contributed by atoms with van der Waals surface area (Å²) in [5.74, 6) is 0.885. The topological polar surface area (TPSA) is 92.5 Å². The lowest BCUT2D eigenvalue weighted by atomic mass is 9.90. The van der Waals surface area contributed by atoms with E-state index in [-0.39, 0.29) is 17.9 Å². The standard InChI is InChI=1S/C23H27N5O2S/c1-13-3-5-17-20(24)21(31-23(17)26-13)22(29)27-18-12-30-19-11-15(4-6-16(19)14(18)2)28-9-7-25-8-10-28/h3-6,11,14,18,25H,7-10,12,24H2,1-2H3,(H,27,29)/t14-,18+/m0/s1. The van der Waals surface area contributed by atoms with Crippen LogP contribution in [0, 0.1) is 6.92 Å². The fourth-order valence-corrected chi connectivity index (χ4v) is 5.39. The van der Waals surface area contributed by atoms with E-state index < -0.39 is 0 Å². The lowest BCUT2D eigenvalue weighted by Gasteiger charge is -2.34. The monoisotopic (exact) mass is 437 g/mol. The number of benzene rings is 1. The number of anilines is 2. The molecule has 0 spiro atoms. The maximum Gasteiger partial charge on any atom is 0.263 e. The van der Waals surface area contributed by atoms with Gasteiger partial charge in [-0.2, -0.15) is 0 Å². The number of amides is 1. The van der Waals surface area contributed by atoms with E-state index in [0.717, 1.165) is 53.4 Å². The molecule has 2 aliphatic heterocycles. The number of carbonyl (C=O) groups is 1. The van der Waals surface area contributed by atoms with Crippen molar-refractivity contribution in [3.63, 3.8) is 0 Å². The molecule has 8 heteroatoms. The molecule has 0 saturated carbocycles. The van der Waals surface area contributed by atoms with Crippen LogP contribution in [0.25, 0.3) is 10.2 Å². The fraction of sp³-hybridized carbons (Fsp3) is 0.391. The van der Waals surface area contributed by atoms with Gasteiger partial charge in [0.15, 0.2) is 0 Å². The Morgan fingerprint density at radius 2 is 2.10 bits per heavy atom. The van der Waals surface area contributed by atoms with Crippen molar-refractivity contribution in [1.29, 1.82) is 0 Å². The number of carbonyl (C=O) groups excluding carboxylic acids is 1. The van der Waals surface area contributed by atoms with Crippen molar-refractivity contribution in [2.75, 3.05) is 43.4 Å². The van der Waals surface area contributed by atoms with Gasteiger partial charge in [0.2, 0.25) is 0 Å². The molecule has 1 amide bonds. The van der Waals surface area contributed by atoms with Crippen LogP contribution in [0.5, 0.6) is 5.75 Å². The van der Waals surface area contributed by atoms with Crippen LogP contribution in [-0.4, -0.2) is 49.7 Å². The summed E-state index contributed by atoms with van der Waals surface area (Å²) in [6, 6.07) is 10.1. The minimum atomic E-state index is -0.167. The number of piperazine rings is 1. The van der Waals surface area contributed by atoms with Crippen LogP contribution in [0.15, 0.2) is 30.3 Å². The van der Waals surface area contributed by atoms with Crippen LogP contribution >= 0.6 is 11.3 Å². The van der Waals surface area contributed by atoms with Gasteiger partial charge >= 0.3 is 0 Å². The summed E-state index contributed by atoms with van der Waals surface area (Å²) < 4.78 is 6.08. The molecular formula is C23H27N5O2S. The van der Waals surface area contributed by atoms with E-state index in [2.05, 4.69) is 45.6 Å². The minimum absolute atomic E-state index is 0.121. The number of fused-ring (bicyclic) bond motifs is 2. The molecule has 5 rings (SSSR count). The van der Waals surface area contributed by atoms with E-state index in [1.54, 1.807) is 0 Å². The number of hydrogen-bond acceptors (Lipinski definition) is 7. The first-order chi connectivity index (χ1) is 15.0. The molecular weight excluding hydrogens is 410 g/mol. The molecule has 1 saturated heterocycles. The number of rotatable bonds is 3. The molecule has 0 radical (unpaired) electrons. The summed E-state index contributed by atoms with van der Waals surface area (Å²) in [5.41, 5.74) is 9.98. The summed E-state index contributed by atoms with van der Waals surface area (Å²) in [5, 5.41) is 7.35. The summed E-state index contributed by atoms with van der Waals surface area (Å²) in [6.45, 7) is 8.50. The summed E-state index contributed by atoms with van der Waals surface area (Å²) in [6.07, 6.45) is 0. The number of aryl methyl sites for hydroxylation is 1. The molecule has 162 valence electrons. The third kappa shape index (κ3) is 3.70. The summed E-state index contributed by atoms with van der Waals surface area (Å²) in [7, 11) is 0. The molecule has 2 aromatic heterocycles. The highest BCUT2D eigenvalue weighted by atomic mass is 32.1. The van der Waals surface area contributed by atoms with Gasteiger partial charge in [0.1, 0.15) is 22.1 Å². The van der Waals surface area contributed by atoms with E-state index in [1.807, 2.05) is 19.1 Å². The van der Waals surface area contributed by atoms with E-state index in [4.69, 9.17) is 10.5 Å². The zero-order valence-electron chi connectivity index (χ0n) is 17.8. The van der Waals surface area contributed by atoms with E-state index >= 15 is 0 Å². The highest BCUT2D eigenvalue weighted by Gasteiger charge is 2.31. The quantitative estimate of drug-likeness (QED) is 0.584. The average molecular weight is 438 g/mol. The van der Waals surface area contributed by atoms with Crippen molar-refractivity contribution in [2.24, 2.45) is 0 Å². The molecule has 31 heavy (non-hydrogen) atoms. The van der Waals surface area contributed by atoms with Crippen molar-refractivity contribution in [3.8, 4) is 5.75 Å². The molecule has 4 heterocycles. The van der Waals surface area contributed by atoms with Gasteiger partial charge in [-0.05, 0) is 30.7 Å². The number of pyridine rings is 1. The van der Waals surface area contributed by atoms with Gasteiger partial charge in [0, 0.05) is 54.9 Å². The second-order valence-electron chi connectivity index (χ2n) is 8.29. The number of nitrogen functional groups attached to an aromatic ring is 1. The van der Waals surface area contributed by atoms with Crippen LogP contribution in [0.3, 0.4) is 0 Å². The highest BCUT2D eigenvalue weighted by Crippen LogP contribution is 2.37. The Morgan fingerprint density at radius 3 is 2.90 bits per heavy atom. The predicted molar refractivity (Wildman–Crippen MR) is 125 cm³/mol. The van der Waals surface area contributed by atoms with Crippen molar-refractivity contribution in [2.45, 2.75) is 25.8 Å². The van der Waals surface area contributed by atoms with Crippen molar-refractivity contribution in [3.05, 3.63) is 46.5 Å². The fourth-order valence-electron chi connectivity index (χ4n) is 4.34. The molecule has 1 fully saturated rings. The molecule has 0 unspecified atom stereocenters. The predicted octanol–water partition coefficient (Wildman–Crippen LogP) is 2.89. The minimum Gasteiger partial charge on any atom is -0.491 e. The van der Waals surface area contributed by atoms with Gasteiger partial charge in [-0.25, -0.2) is 4.98 Å². The van der Waals surface area contributed by atoms with E-state index in [1.165, 1.54) is 17.0 Å². The Hall–Kier alpha value is -2.84. The van der Waals surface area contributed by atoms with E-state index in [9.17, 15) is 4.79 Å². The first kappa shape index (κ1) is 20.1. The van der Waals surface area contributed by atoms with Crippen LogP contribution in [0.4, 0.5) is 11.4 Å². The Morgan fingerprint density at radius 1 is 1.29 bits per heavy atom. The lowest BCUT2D eigenvalue weighted by molar-refractivity contribution is 0.0909. The van der Waals surface area contributed by atoms with Gasteiger partial charge in [0.25, 0.3) is 5.91 Å². The van der Waals surface area contributed by atoms with Gasteiger partial charge in [0.05, 0.1) is 11.7 Å². The number of thiophene rings is 1. The summed E-state index contributed by atoms with van der Waals surface area (Å²) >= 11 is 1.34. The molecule has 0 bridgehead atoms. The highest BCUT2D eigenvalue weighted by molar-refractivity contribution is 7.21. The van der Waals surface area contributed by atoms with Crippen LogP contribution in [0.1, 0.15) is 33.8 Å². The molecule has 0 aliphatic carbocycles. The molecule has 4 N–H and O–H groups in total. The van der Waals surface area contributed by atoms with Gasteiger partial charge in [-0.3, -0.25) is 4.79 Å². The second kappa shape index (κ2) is 8.01. The number of hydrogen-bond donors (Lipinski definition) is 3. The van der Waals surface area contributed by atoms with Crippen molar-refractivity contribution >= 4 is 38.8 Å². The number of nitrogens with two attached hydrogens (primary N) is 1. The average Bonchev–Trinajstić information content (AvgIpc) is 3.11. The van der Waals surface area contributed by atoms with Gasteiger partial charge < -0.3 is 26.0 Å². The second-order valence-corrected chi connectivity index (χ2v) is 9.29. The Labute approximate surface area is 185 Å². The van der Waals surface area contributed by atoms with Crippen LogP contribution in [-0.2, 0) is 0 Å². The van der Waals surface area contributed by atoms with E-state index in [0.29, 0.717) is 17.2 Å². The lowest BCUT2D eigenvalue weighted by Crippen LogP contribution is -2.45. The summed E-state index contributed by atoms with van der Waals surface area (Å²) in [4.78, 5) is 21.2. The molecule has 2 aliphatic rings. The number of nitrogens with zero attached hydrogens (tertiary/aromatic N) is 2. The first-order valence-corrected chi connectivity index (χ1v) is 11.5. The van der Waals surface area contributed by atoms with Crippen LogP contribution < -0.4 is 26.0 Å². The first-order valence-electron chi connectivity index (χ1n) is 10.7. The maximum absolute atomic E-state index is 13.0. The molecule has 1 aromatic carbocycles. The third-order valence-corrected chi connectivity index (χ3v) is 7.36. The maximum atomic E-state index is 13.0. The van der Waals surface area contributed by atoms with Crippen molar-refractivity contribution < 1.29 is 9.53 Å². The SMILES string of the molecule is Cc1ccc2c(N)c(C(=O)N[C@@H]3COc4cc(N5CCNCC5)ccc4[C@@H]3C)sc2n1. The Kier molecular flexibility index (Phi) is 5.19. The number of nitrogens with one attached hydrogen (secondary N) is 2. The molecule has 7 nitrogen and oxygen atoms in total. The number of aromatic nitrogens is 1. The zero-order valence-corrected chi connectivity index (χ0v) is 18.6. The Balaban J connectivity index is 1.34. The largest absolute Gasteiger partial charge is 0.491 e. The third-order valence-electron chi connectivity index (χ3n) is 6.25. The molecule has 3 aromatic rings.